The lowest BCUT2D eigenvalue weighted by atomic mass is 10.2. The molecule has 0 spiro atoms. The molecule has 0 radical (unpaired) electrons. The summed E-state index contributed by atoms with van der Waals surface area (Å²) in [5.41, 5.74) is 2.08. The Hall–Kier alpha value is -2.99. The molecule has 4 rings (SSSR count). The number of pyridine rings is 2. The summed E-state index contributed by atoms with van der Waals surface area (Å²) in [5.74, 6) is 1.37. The summed E-state index contributed by atoms with van der Waals surface area (Å²) in [6.45, 7) is 4.85. The molecular weight excluding hydrogens is 355 g/mol. The molecule has 144 valence electrons. The molecule has 3 heterocycles. The standard InChI is InChI=1S/C22H23FN4O/c23-20-4-1-3-19(15-20)16-26-11-13-27(14-12-26)21-5-2-6-22(25-21)28-17-18-7-9-24-10-8-18/h1-10,15H,11-14,16-17H2. The predicted molar refractivity (Wildman–Crippen MR) is 107 cm³/mol. The van der Waals surface area contributed by atoms with E-state index in [-0.39, 0.29) is 5.82 Å². The second-order valence-corrected chi connectivity index (χ2v) is 6.87. The largest absolute Gasteiger partial charge is 0.473 e. The number of hydrogen-bond acceptors (Lipinski definition) is 5. The molecule has 1 aromatic carbocycles. The lowest BCUT2D eigenvalue weighted by Crippen LogP contribution is -2.46. The molecule has 0 bridgehead atoms. The average Bonchev–Trinajstić information content (AvgIpc) is 2.74. The molecule has 0 amide bonds. The topological polar surface area (TPSA) is 41.5 Å². The van der Waals surface area contributed by atoms with Crippen LogP contribution in [0, 0.1) is 5.82 Å². The maximum absolute atomic E-state index is 13.4. The van der Waals surface area contributed by atoms with Crippen molar-refractivity contribution in [3.63, 3.8) is 0 Å². The lowest BCUT2D eigenvalue weighted by molar-refractivity contribution is 0.248. The van der Waals surface area contributed by atoms with E-state index in [1.807, 2.05) is 36.4 Å². The summed E-state index contributed by atoms with van der Waals surface area (Å²) in [4.78, 5) is 13.3. The van der Waals surface area contributed by atoms with Crippen molar-refractivity contribution in [2.24, 2.45) is 0 Å². The van der Waals surface area contributed by atoms with E-state index in [1.165, 1.54) is 6.07 Å². The van der Waals surface area contributed by atoms with Gasteiger partial charge in [0.1, 0.15) is 18.2 Å². The highest BCUT2D eigenvalue weighted by molar-refractivity contribution is 5.41. The Bertz CT molecular complexity index is 898. The molecular formula is C22H23FN4O. The van der Waals surface area contributed by atoms with Crippen molar-refractivity contribution in [3.05, 3.63) is 83.9 Å². The highest BCUT2D eigenvalue weighted by Gasteiger charge is 2.18. The van der Waals surface area contributed by atoms with Crippen LogP contribution in [-0.2, 0) is 13.2 Å². The molecule has 0 unspecified atom stereocenters. The van der Waals surface area contributed by atoms with Crippen LogP contribution >= 0.6 is 0 Å². The minimum atomic E-state index is -0.177. The first kappa shape index (κ1) is 18.4. The fourth-order valence-electron chi connectivity index (χ4n) is 3.33. The summed E-state index contributed by atoms with van der Waals surface area (Å²) in [6.07, 6.45) is 3.51. The van der Waals surface area contributed by atoms with Gasteiger partial charge in [0.2, 0.25) is 5.88 Å². The van der Waals surface area contributed by atoms with Crippen molar-refractivity contribution in [1.29, 1.82) is 0 Å². The lowest BCUT2D eigenvalue weighted by Gasteiger charge is -2.35. The van der Waals surface area contributed by atoms with Gasteiger partial charge in [-0.15, -0.1) is 0 Å². The Kier molecular flexibility index (Phi) is 5.77. The van der Waals surface area contributed by atoms with Gasteiger partial charge in [-0.25, -0.2) is 4.39 Å². The first-order valence-electron chi connectivity index (χ1n) is 9.47. The predicted octanol–water partition coefficient (Wildman–Crippen LogP) is 3.52. The maximum Gasteiger partial charge on any atom is 0.215 e. The van der Waals surface area contributed by atoms with Crippen LogP contribution in [0.3, 0.4) is 0 Å². The van der Waals surface area contributed by atoms with E-state index < -0.39 is 0 Å². The molecule has 2 aromatic heterocycles. The molecule has 3 aromatic rings. The number of rotatable bonds is 6. The van der Waals surface area contributed by atoms with Crippen LogP contribution in [0.15, 0.2) is 67.0 Å². The molecule has 1 saturated heterocycles. The van der Waals surface area contributed by atoms with Crippen LogP contribution in [0.5, 0.6) is 5.88 Å². The Balaban J connectivity index is 1.32. The van der Waals surface area contributed by atoms with Crippen LogP contribution in [-0.4, -0.2) is 41.0 Å². The zero-order chi connectivity index (χ0) is 19.2. The highest BCUT2D eigenvalue weighted by Crippen LogP contribution is 2.19. The van der Waals surface area contributed by atoms with Crippen molar-refractivity contribution < 1.29 is 9.13 Å². The fourth-order valence-corrected chi connectivity index (χ4v) is 3.33. The molecule has 0 aliphatic carbocycles. The van der Waals surface area contributed by atoms with Crippen molar-refractivity contribution >= 4 is 5.82 Å². The van der Waals surface area contributed by atoms with E-state index >= 15 is 0 Å². The number of piperazine rings is 1. The van der Waals surface area contributed by atoms with Crippen LogP contribution in [0.4, 0.5) is 10.2 Å². The van der Waals surface area contributed by atoms with Crippen LogP contribution < -0.4 is 9.64 Å². The number of hydrogen-bond donors (Lipinski definition) is 0. The van der Waals surface area contributed by atoms with Gasteiger partial charge in [0.25, 0.3) is 0 Å². The van der Waals surface area contributed by atoms with Crippen molar-refractivity contribution in [1.82, 2.24) is 14.9 Å². The van der Waals surface area contributed by atoms with Gasteiger partial charge in [-0.1, -0.05) is 18.2 Å². The number of benzene rings is 1. The monoisotopic (exact) mass is 378 g/mol. The first-order valence-corrected chi connectivity index (χ1v) is 9.47. The number of aromatic nitrogens is 2. The van der Waals surface area contributed by atoms with Crippen LogP contribution in [0.1, 0.15) is 11.1 Å². The van der Waals surface area contributed by atoms with Gasteiger partial charge >= 0.3 is 0 Å². The Labute approximate surface area is 164 Å². The van der Waals surface area contributed by atoms with Gasteiger partial charge in [0.15, 0.2) is 0 Å². The van der Waals surface area contributed by atoms with E-state index in [2.05, 4.69) is 19.8 Å². The number of ether oxygens (including phenoxy) is 1. The molecule has 1 fully saturated rings. The van der Waals surface area contributed by atoms with E-state index in [4.69, 9.17) is 4.74 Å². The molecule has 0 saturated carbocycles. The Morgan fingerprint density at radius 3 is 2.46 bits per heavy atom. The molecule has 6 heteroatoms. The quantitative estimate of drug-likeness (QED) is 0.657. The molecule has 0 atom stereocenters. The van der Waals surface area contributed by atoms with Crippen molar-refractivity contribution in [2.45, 2.75) is 13.2 Å². The maximum atomic E-state index is 13.4. The summed E-state index contributed by atoms with van der Waals surface area (Å²) in [7, 11) is 0. The summed E-state index contributed by atoms with van der Waals surface area (Å²) >= 11 is 0. The van der Waals surface area contributed by atoms with Crippen molar-refractivity contribution in [2.75, 3.05) is 31.1 Å². The van der Waals surface area contributed by atoms with Gasteiger partial charge in [-0.2, -0.15) is 4.98 Å². The minimum Gasteiger partial charge on any atom is -0.473 e. The van der Waals surface area contributed by atoms with Gasteiger partial charge in [0.05, 0.1) is 0 Å². The molecule has 5 nitrogen and oxygen atoms in total. The third-order valence-corrected chi connectivity index (χ3v) is 4.84. The number of nitrogens with zero attached hydrogens (tertiary/aromatic N) is 4. The first-order chi connectivity index (χ1) is 13.8. The van der Waals surface area contributed by atoms with Crippen LogP contribution in [0.2, 0.25) is 0 Å². The van der Waals surface area contributed by atoms with E-state index in [9.17, 15) is 4.39 Å². The second-order valence-electron chi connectivity index (χ2n) is 6.87. The summed E-state index contributed by atoms with van der Waals surface area (Å²) in [6, 6.07) is 16.6. The van der Waals surface area contributed by atoms with Crippen LogP contribution in [0.25, 0.3) is 0 Å². The zero-order valence-electron chi connectivity index (χ0n) is 15.7. The third kappa shape index (κ3) is 4.84. The number of halogens is 1. The van der Waals surface area contributed by atoms with E-state index in [0.717, 1.165) is 49.7 Å². The van der Waals surface area contributed by atoms with E-state index in [0.29, 0.717) is 12.5 Å². The second kappa shape index (κ2) is 8.80. The van der Waals surface area contributed by atoms with Gasteiger partial charge in [-0.05, 0) is 41.5 Å². The van der Waals surface area contributed by atoms with E-state index in [1.54, 1.807) is 24.5 Å². The Morgan fingerprint density at radius 1 is 0.893 bits per heavy atom. The van der Waals surface area contributed by atoms with Gasteiger partial charge < -0.3 is 9.64 Å². The molecule has 0 N–H and O–H groups in total. The van der Waals surface area contributed by atoms with Gasteiger partial charge in [0, 0.05) is 51.2 Å². The summed E-state index contributed by atoms with van der Waals surface area (Å²) in [5, 5.41) is 0. The Morgan fingerprint density at radius 2 is 1.68 bits per heavy atom. The highest BCUT2D eigenvalue weighted by atomic mass is 19.1. The summed E-state index contributed by atoms with van der Waals surface area (Å²) < 4.78 is 19.2. The molecule has 1 aliphatic rings. The fraction of sp³-hybridized carbons (Fsp3) is 0.273. The third-order valence-electron chi connectivity index (χ3n) is 4.84. The SMILES string of the molecule is Fc1cccc(CN2CCN(c3cccc(OCc4ccncc4)n3)CC2)c1. The smallest absolute Gasteiger partial charge is 0.215 e. The minimum absolute atomic E-state index is 0.177. The number of anilines is 1. The normalized spacial score (nSPS) is 14.8. The molecule has 28 heavy (non-hydrogen) atoms. The van der Waals surface area contributed by atoms with Crippen molar-refractivity contribution in [3.8, 4) is 5.88 Å². The van der Waals surface area contributed by atoms with Gasteiger partial charge in [-0.3, -0.25) is 9.88 Å². The molecule has 1 aliphatic heterocycles. The average molecular weight is 378 g/mol. The zero-order valence-corrected chi connectivity index (χ0v) is 15.7.